The van der Waals surface area contributed by atoms with Gasteiger partial charge < -0.3 is 9.47 Å². The van der Waals surface area contributed by atoms with Crippen LogP contribution in [0.5, 0.6) is 11.5 Å². The Morgan fingerprint density at radius 3 is 2.17 bits per heavy atom. The van der Waals surface area contributed by atoms with Crippen molar-refractivity contribution in [2.45, 2.75) is 31.2 Å². The van der Waals surface area contributed by atoms with Gasteiger partial charge in [-0.2, -0.15) is 0 Å². The Morgan fingerprint density at radius 2 is 1.62 bits per heavy atom. The van der Waals surface area contributed by atoms with Crippen LogP contribution < -0.4 is 14.2 Å². The fourth-order valence-corrected chi connectivity index (χ4v) is 3.63. The van der Waals surface area contributed by atoms with Crippen LogP contribution in [0.2, 0.25) is 0 Å². The highest BCUT2D eigenvalue weighted by Crippen LogP contribution is 2.30. The predicted molar refractivity (Wildman–Crippen MR) is 94.1 cm³/mol. The number of benzene rings is 2. The molecule has 24 heavy (non-hydrogen) atoms. The number of ether oxygens (including phenoxy) is 2. The molecule has 1 N–H and O–H groups in total. The summed E-state index contributed by atoms with van der Waals surface area (Å²) >= 11 is 0. The molecule has 0 bridgehead atoms. The number of nitrogens with one attached hydrogen (secondary N) is 1. The van der Waals surface area contributed by atoms with Crippen molar-refractivity contribution in [1.29, 1.82) is 0 Å². The van der Waals surface area contributed by atoms with E-state index in [1.165, 1.54) is 0 Å². The van der Waals surface area contributed by atoms with Gasteiger partial charge in [-0.1, -0.05) is 25.1 Å². The second-order valence-electron chi connectivity index (χ2n) is 5.45. The fourth-order valence-electron chi connectivity index (χ4n) is 2.40. The van der Waals surface area contributed by atoms with E-state index in [-0.39, 0.29) is 4.90 Å². The van der Waals surface area contributed by atoms with Crippen molar-refractivity contribution < 1.29 is 17.9 Å². The lowest BCUT2D eigenvalue weighted by molar-refractivity contribution is 0.354. The summed E-state index contributed by atoms with van der Waals surface area (Å²) in [6.07, 6.45) is 0.871. The lowest BCUT2D eigenvalue weighted by atomic mass is 10.1. The first kappa shape index (κ1) is 18.3. The van der Waals surface area contributed by atoms with Crippen LogP contribution in [0, 0.1) is 0 Å². The fraction of sp³-hybridized carbons (Fsp3) is 0.333. The van der Waals surface area contributed by atoms with E-state index >= 15 is 0 Å². The molecule has 0 saturated carbocycles. The molecule has 6 heteroatoms. The van der Waals surface area contributed by atoms with E-state index in [0.29, 0.717) is 11.5 Å². The first-order chi connectivity index (χ1) is 11.4. The van der Waals surface area contributed by atoms with Gasteiger partial charge in [0, 0.05) is 6.04 Å². The topological polar surface area (TPSA) is 64.6 Å². The van der Waals surface area contributed by atoms with Gasteiger partial charge in [-0.15, -0.1) is 0 Å². The van der Waals surface area contributed by atoms with E-state index in [4.69, 9.17) is 9.47 Å². The summed E-state index contributed by atoms with van der Waals surface area (Å²) < 4.78 is 38.2. The minimum atomic E-state index is -3.59. The average molecular weight is 349 g/mol. The molecule has 5 nitrogen and oxygen atoms in total. The van der Waals surface area contributed by atoms with Crippen molar-refractivity contribution >= 4 is 10.0 Å². The molecule has 0 fully saturated rings. The van der Waals surface area contributed by atoms with Gasteiger partial charge in [0.1, 0.15) is 0 Å². The number of rotatable bonds is 7. The molecule has 2 rings (SSSR count). The van der Waals surface area contributed by atoms with Crippen molar-refractivity contribution in [3.63, 3.8) is 0 Å². The van der Waals surface area contributed by atoms with E-state index < -0.39 is 16.1 Å². The molecule has 0 aliphatic carbocycles. The number of hydrogen-bond acceptors (Lipinski definition) is 4. The quantitative estimate of drug-likeness (QED) is 0.833. The van der Waals surface area contributed by atoms with Crippen molar-refractivity contribution in [3.8, 4) is 11.5 Å². The Morgan fingerprint density at radius 1 is 1.00 bits per heavy atom. The Bertz CT molecular complexity index is 785. The summed E-state index contributed by atoms with van der Waals surface area (Å²) in [7, 11) is -0.483. The van der Waals surface area contributed by atoms with Crippen LogP contribution in [0.1, 0.15) is 31.0 Å². The molecule has 0 amide bonds. The Hall–Kier alpha value is -2.05. The average Bonchev–Trinajstić information content (AvgIpc) is 2.60. The van der Waals surface area contributed by atoms with Crippen molar-refractivity contribution in [1.82, 2.24) is 4.72 Å². The highest BCUT2D eigenvalue weighted by Gasteiger charge is 2.19. The van der Waals surface area contributed by atoms with Crippen molar-refractivity contribution in [2.24, 2.45) is 0 Å². The molecule has 0 heterocycles. The molecule has 1 atom stereocenters. The summed E-state index contributed by atoms with van der Waals surface area (Å²) in [6, 6.07) is 11.9. The minimum absolute atomic E-state index is 0.257. The molecule has 0 aliphatic heterocycles. The van der Waals surface area contributed by atoms with E-state index in [0.717, 1.165) is 17.5 Å². The maximum Gasteiger partial charge on any atom is 0.241 e. The zero-order chi connectivity index (χ0) is 17.7. The third kappa shape index (κ3) is 4.07. The molecule has 0 radical (unpaired) electrons. The van der Waals surface area contributed by atoms with E-state index in [1.54, 1.807) is 45.4 Å². The van der Waals surface area contributed by atoms with Gasteiger partial charge in [-0.05, 0) is 48.7 Å². The smallest absolute Gasteiger partial charge is 0.241 e. The molecule has 130 valence electrons. The van der Waals surface area contributed by atoms with Crippen LogP contribution in [0.3, 0.4) is 0 Å². The van der Waals surface area contributed by atoms with Gasteiger partial charge in [0.2, 0.25) is 10.0 Å². The molecule has 0 saturated heterocycles. The molecule has 2 aromatic rings. The standard InChI is InChI=1S/C18H23NO4S/c1-5-14-6-9-16(10-7-14)24(20,21)19-13(2)15-8-11-17(22-3)18(12-15)23-4/h6-13,19H,5H2,1-4H3. The maximum absolute atomic E-state index is 12.5. The van der Waals surface area contributed by atoms with E-state index in [2.05, 4.69) is 4.72 Å². The zero-order valence-corrected chi connectivity index (χ0v) is 15.2. The first-order valence-electron chi connectivity index (χ1n) is 7.74. The van der Waals surface area contributed by atoms with Crippen LogP contribution in [-0.2, 0) is 16.4 Å². The molecule has 0 aliphatic rings. The highest BCUT2D eigenvalue weighted by molar-refractivity contribution is 7.89. The molecule has 0 aromatic heterocycles. The zero-order valence-electron chi connectivity index (χ0n) is 14.4. The number of aryl methyl sites for hydroxylation is 1. The number of sulfonamides is 1. The van der Waals surface area contributed by atoms with Crippen LogP contribution >= 0.6 is 0 Å². The molecule has 1 unspecified atom stereocenters. The van der Waals surface area contributed by atoms with Crippen LogP contribution in [0.25, 0.3) is 0 Å². The first-order valence-corrected chi connectivity index (χ1v) is 9.22. The third-order valence-electron chi connectivity index (χ3n) is 3.88. The largest absolute Gasteiger partial charge is 0.493 e. The van der Waals surface area contributed by atoms with Gasteiger partial charge >= 0.3 is 0 Å². The van der Waals surface area contributed by atoms with E-state index in [1.807, 2.05) is 25.1 Å². The van der Waals surface area contributed by atoms with E-state index in [9.17, 15) is 8.42 Å². The summed E-state index contributed by atoms with van der Waals surface area (Å²) in [5, 5.41) is 0. The number of methoxy groups -OCH3 is 2. The molecular formula is C18H23NO4S. The summed E-state index contributed by atoms with van der Waals surface area (Å²) in [4.78, 5) is 0.257. The monoisotopic (exact) mass is 349 g/mol. The van der Waals surface area contributed by atoms with Gasteiger partial charge in [0.05, 0.1) is 19.1 Å². The van der Waals surface area contributed by atoms with Gasteiger partial charge in [-0.3, -0.25) is 0 Å². The van der Waals surface area contributed by atoms with Crippen molar-refractivity contribution in [2.75, 3.05) is 14.2 Å². The lowest BCUT2D eigenvalue weighted by Crippen LogP contribution is -2.26. The summed E-state index contributed by atoms with van der Waals surface area (Å²) in [6.45, 7) is 3.82. The number of hydrogen-bond donors (Lipinski definition) is 1. The lowest BCUT2D eigenvalue weighted by Gasteiger charge is -2.17. The molecule has 2 aromatic carbocycles. The van der Waals surface area contributed by atoms with Gasteiger partial charge in [0.25, 0.3) is 0 Å². The Labute approximate surface area is 143 Å². The third-order valence-corrected chi connectivity index (χ3v) is 5.44. The summed E-state index contributed by atoms with van der Waals surface area (Å²) in [5.74, 6) is 1.17. The van der Waals surface area contributed by atoms with Gasteiger partial charge in [0.15, 0.2) is 11.5 Å². The van der Waals surface area contributed by atoms with Crippen molar-refractivity contribution in [3.05, 3.63) is 53.6 Å². The summed E-state index contributed by atoms with van der Waals surface area (Å²) in [5.41, 5.74) is 1.89. The molecule has 0 spiro atoms. The maximum atomic E-state index is 12.5. The highest BCUT2D eigenvalue weighted by atomic mass is 32.2. The predicted octanol–water partition coefficient (Wildman–Crippen LogP) is 3.31. The van der Waals surface area contributed by atoms with Gasteiger partial charge in [-0.25, -0.2) is 13.1 Å². The molecular weight excluding hydrogens is 326 g/mol. The second kappa shape index (κ2) is 7.68. The second-order valence-corrected chi connectivity index (χ2v) is 7.17. The normalized spacial score (nSPS) is 12.7. The minimum Gasteiger partial charge on any atom is -0.493 e. The van der Waals surface area contributed by atoms with Crippen LogP contribution in [-0.4, -0.2) is 22.6 Å². The van der Waals surface area contributed by atoms with Crippen LogP contribution in [0.4, 0.5) is 0 Å². The van der Waals surface area contributed by atoms with Crippen LogP contribution in [0.15, 0.2) is 47.4 Å². The Balaban J connectivity index is 2.22. The Kier molecular flexibility index (Phi) is 5.85. The SMILES string of the molecule is CCc1ccc(S(=O)(=O)NC(C)c2ccc(OC)c(OC)c2)cc1.